The Balaban J connectivity index is 2.69. The number of hydrogen-bond acceptors (Lipinski definition) is 2. The van der Waals surface area contributed by atoms with Crippen molar-refractivity contribution in [1.82, 2.24) is 10.2 Å². The van der Waals surface area contributed by atoms with Crippen LogP contribution < -0.4 is 5.32 Å². The van der Waals surface area contributed by atoms with Crippen LogP contribution >= 0.6 is 0 Å². The normalized spacial score (nSPS) is 17.6. The van der Waals surface area contributed by atoms with Crippen LogP contribution in [-0.2, 0) is 4.79 Å². The van der Waals surface area contributed by atoms with Crippen LogP contribution in [0.5, 0.6) is 0 Å². The monoisotopic (exact) mass is 252 g/mol. The molecule has 0 aromatic heterocycles. The van der Waals surface area contributed by atoms with E-state index < -0.39 is 11.5 Å². The van der Waals surface area contributed by atoms with Gasteiger partial charge >= 0.3 is 12.0 Å². The van der Waals surface area contributed by atoms with Gasteiger partial charge in [-0.1, -0.05) is 25.2 Å². The smallest absolute Gasteiger partial charge is 0.318 e. The first kappa shape index (κ1) is 14.4. The summed E-state index contributed by atoms with van der Waals surface area (Å²) in [6, 6.07) is -0.295. The average Bonchev–Trinajstić information content (AvgIpc) is 2.29. The van der Waals surface area contributed by atoms with E-state index in [0.29, 0.717) is 0 Å². The quantitative estimate of drug-likeness (QED) is 0.744. The Hall–Kier alpha value is -1.70. The highest BCUT2D eigenvalue weighted by Gasteiger charge is 2.36. The van der Waals surface area contributed by atoms with Crippen LogP contribution in [0.4, 0.5) is 4.79 Å². The number of carbonyl (C=O) groups excluding carboxylic acids is 1. The summed E-state index contributed by atoms with van der Waals surface area (Å²) in [5, 5.41) is 11.8. The van der Waals surface area contributed by atoms with Crippen LogP contribution in [0.2, 0.25) is 0 Å². The molecule has 0 radical (unpaired) electrons. The van der Waals surface area contributed by atoms with E-state index >= 15 is 0 Å². The first-order valence-electron chi connectivity index (χ1n) is 6.18. The maximum Gasteiger partial charge on any atom is 0.318 e. The van der Waals surface area contributed by atoms with Crippen LogP contribution in [0.1, 0.15) is 38.5 Å². The van der Waals surface area contributed by atoms with Gasteiger partial charge in [-0.2, -0.15) is 0 Å². The third kappa shape index (κ3) is 3.95. The number of terminal acetylenes is 1. The highest BCUT2D eigenvalue weighted by molar-refractivity contribution is 5.77. The summed E-state index contributed by atoms with van der Waals surface area (Å²) in [5.74, 6) is 1.51. The van der Waals surface area contributed by atoms with E-state index in [1.807, 2.05) is 0 Å². The SMILES string of the molecule is C#CCN(C)C(=O)NC1(CC(=O)O)CCCCC1. The van der Waals surface area contributed by atoms with E-state index in [0.717, 1.165) is 32.1 Å². The van der Waals surface area contributed by atoms with Gasteiger partial charge in [0.15, 0.2) is 0 Å². The molecule has 1 aliphatic rings. The highest BCUT2D eigenvalue weighted by Crippen LogP contribution is 2.31. The van der Waals surface area contributed by atoms with Gasteiger partial charge < -0.3 is 15.3 Å². The third-order valence-corrected chi connectivity index (χ3v) is 3.35. The van der Waals surface area contributed by atoms with Crippen LogP contribution in [0.3, 0.4) is 0 Å². The largest absolute Gasteiger partial charge is 0.481 e. The number of nitrogens with zero attached hydrogens (tertiary/aromatic N) is 1. The molecular formula is C13H20N2O3. The summed E-state index contributed by atoms with van der Waals surface area (Å²) in [4.78, 5) is 24.3. The van der Waals surface area contributed by atoms with Crippen molar-refractivity contribution in [3.8, 4) is 12.3 Å². The first-order valence-corrected chi connectivity index (χ1v) is 6.18. The van der Waals surface area contributed by atoms with Crippen LogP contribution in [-0.4, -0.2) is 41.1 Å². The predicted octanol–water partition coefficient (Wildman–Crippen LogP) is 1.44. The molecule has 1 fully saturated rings. The molecule has 1 saturated carbocycles. The number of nitrogens with one attached hydrogen (secondary N) is 1. The third-order valence-electron chi connectivity index (χ3n) is 3.35. The minimum Gasteiger partial charge on any atom is -0.481 e. The molecule has 0 saturated heterocycles. The molecule has 2 N–H and O–H groups in total. The minimum absolute atomic E-state index is 0.0252. The zero-order valence-corrected chi connectivity index (χ0v) is 10.7. The summed E-state index contributed by atoms with van der Waals surface area (Å²) in [6.07, 6.45) is 9.55. The van der Waals surface area contributed by atoms with Gasteiger partial charge in [-0.25, -0.2) is 4.79 Å². The van der Waals surface area contributed by atoms with Crippen molar-refractivity contribution in [2.24, 2.45) is 0 Å². The number of amides is 2. The Kier molecular flexibility index (Phi) is 5.02. The standard InChI is InChI=1S/C13H20N2O3/c1-3-9-15(2)12(18)14-13(10-11(16)17)7-5-4-6-8-13/h1H,4-10H2,2H3,(H,14,18)(H,16,17). The van der Waals surface area contributed by atoms with Crippen LogP contribution in [0.25, 0.3) is 0 Å². The molecule has 0 heterocycles. The van der Waals surface area contributed by atoms with Gasteiger partial charge in [0, 0.05) is 7.05 Å². The molecule has 100 valence electrons. The first-order chi connectivity index (χ1) is 8.49. The van der Waals surface area contributed by atoms with Crippen LogP contribution in [0, 0.1) is 12.3 Å². The lowest BCUT2D eigenvalue weighted by molar-refractivity contribution is -0.139. The molecule has 0 aromatic rings. The lowest BCUT2D eigenvalue weighted by atomic mass is 9.79. The molecule has 2 amide bonds. The van der Waals surface area contributed by atoms with E-state index in [2.05, 4.69) is 11.2 Å². The highest BCUT2D eigenvalue weighted by atomic mass is 16.4. The second-order valence-corrected chi connectivity index (χ2v) is 4.90. The van der Waals surface area contributed by atoms with Crippen molar-refractivity contribution in [2.75, 3.05) is 13.6 Å². The Labute approximate surface area is 108 Å². The molecule has 0 aliphatic heterocycles. The fraction of sp³-hybridized carbons (Fsp3) is 0.692. The minimum atomic E-state index is -0.878. The van der Waals surface area contributed by atoms with Gasteiger partial charge in [0.1, 0.15) is 0 Å². The molecule has 1 aliphatic carbocycles. The van der Waals surface area contributed by atoms with Gasteiger partial charge in [0.2, 0.25) is 0 Å². The second kappa shape index (κ2) is 6.29. The maximum absolute atomic E-state index is 11.9. The molecule has 5 heteroatoms. The summed E-state index contributed by atoms with van der Waals surface area (Å²) in [7, 11) is 1.60. The second-order valence-electron chi connectivity index (χ2n) is 4.90. The number of carbonyl (C=O) groups is 2. The van der Waals surface area contributed by atoms with E-state index in [1.54, 1.807) is 7.05 Å². The van der Waals surface area contributed by atoms with Gasteiger partial charge in [-0.3, -0.25) is 4.79 Å². The van der Waals surface area contributed by atoms with Gasteiger partial charge in [-0.05, 0) is 12.8 Å². The number of hydrogen-bond donors (Lipinski definition) is 2. The van der Waals surface area contributed by atoms with E-state index in [9.17, 15) is 9.59 Å². The zero-order valence-electron chi connectivity index (χ0n) is 10.7. The van der Waals surface area contributed by atoms with Crippen molar-refractivity contribution < 1.29 is 14.7 Å². The van der Waals surface area contributed by atoms with Gasteiger partial charge in [0.25, 0.3) is 0 Å². The Morgan fingerprint density at radius 1 is 1.39 bits per heavy atom. The maximum atomic E-state index is 11.9. The Bertz CT molecular complexity index is 354. The fourth-order valence-corrected chi connectivity index (χ4v) is 2.40. The fourth-order valence-electron chi connectivity index (χ4n) is 2.40. The summed E-state index contributed by atoms with van der Waals surface area (Å²) >= 11 is 0. The van der Waals surface area contributed by atoms with Crippen LogP contribution in [0.15, 0.2) is 0 Å². The average molecular weight is 252 g/mol. The van der Waals surface area contributed by atoms with Crippen molar-refractivity contribution >= 4 is 12.0 Å². The predicted molar refractivity (Wildman–Crippen MR) is 68.1 cm³/mol. The van der Waals surface area contributed by atoms with Crippen molar-refractivity contribution in [2.45, 2.75) is 44.1 Å². The number of carboxylic acid groups (broad SMARTS) is 1. The van der Waals surface area contributed by atoms with Crippen molar-refractivity contribution in [3.63, 3.8) is 0 Å². The number of rotatable bonds is 4. The zero-order chi connectivity index (χ0) is 13.6. The summed E-state index contributed by atoms with van der Waals surface area (Å²) in [5.41, 5.74) is -0.607. The molecule has 0 spiro atoms. The van der Waals surface area contributed by atoms with Gasteiger partial charge in [0.05, 0.1) is 18.5 Å². The molecule has 5 nitrogen and oxygen atoms in total. The lowest BCUT2D eigenvalue weighted by Gasteiger charge is -2.38. The van der Waals surface area contributed by atoms with E-state index in [4.69, 9.17) is 11.5 Å². The van der Waals surface area contributed by atoms with E-state index in [1.165, 1.54) is 4.90 Å². The topological polar surface area (TPSA) is 69.6 Å². The molecule has 18 heavy (non-hydrogen) atoms. The number of aliphatic carboxylic acids is 1. The Morgan fingerprint density at radius 3 is 2.50 bits per heavy atom. The van der Waals surface area contributed by atoms with E-state index in [-0.39, 0.29) is 19.0 Å². The van der Waals surface area contributed by atoms with Crippen molar-refractivity contribution in [3.05, 3.63) is 0 Å². The van der Waals surface area contributed by atoms with Gasteiger partial charge in [-0.15, -0.1) is 6.42 Å². The number of carboxylic acids is 1. The number of urea groups is 1. The molecular weight excluding hydrogens is 232 g/mol. The Morgan fingerprint density at radius 2 is 2.00 bits per heavy atom. The summed E-state index contributed by atoms with van der Waals surface area (Å²) in [6.45, 7) is 0.217. The van der Waals surface area contributed by atoms with Crippen molar-refractivity contribution in [1.29, 1.82) is 0 Å². The molecule has 0 bridgehead atoms. The molecule has 0 aromatic carbocycles. The molecule has 0 unspecified atom stereocenters. The summed E-state index contributed by atoms with van der Waals surface area (Å²) < 4.78 is 0. The molecule has 1 rings (SSSR count). The lowest BCUT2D eigenvalue weighted by Crippen LogP contribution is -2.54. The molecule has 0 atom stereocenters.